The molecule has 0 aromatic rings. The highest BCUT2D eigenvalue weighted by atomic mass is 14.7. The molecular formula is C11H24N4. The third-order valence-corrected chi connectivity index (χ3v) is 0.888. The quantitative estimate of drug-likeness (QED) is 0.689. The fourth-order valence-corrected chi connectivity index (χ4v) is 0. The Morgan fingerprint density at radius 2 is 1.07 bits per heavy atom. The minimum atomic E-state index is 0.162. The zero-order valence-corrected chi connectivity index (χ0v) is 10.5. The summed E-state index contributed by atoms with van der Waals surface area (Å²) in [7, 11) is 0. The summed E-state index contributed by atoms with van der Waals surface area (Å²) in [5, 5.41) is 15.8. The van der Waals surface area contributed by atoms with Crippen molar-refractivity contribution >= 4 is 0 Å². The first kappa shape index (κ1) is 19.5. The van der Waals surface area contributed by atoms with Crippen molar-refractivity contribution in [2.45, 2.75) is 40.7 Å². The van der Waals surface area contributed by atoms with E-state index in [0.29, 0.717) is 6.54 Å². The van der Waals surface area contributed by atoms with Crippen LogP contribution in [0.25, 0.3) is 0 Å². The first-order valence-electron chi connectivity index (χ1n) is 5.06. The molecule has 0 saturated carbocycles. The Bertz CT molecular complexity index is 166. The maximum Gasteiger partial charge on any atom is 0.0649 e. The molecule has 0 heterocycles. The molecule has 0 aromatic carbocycles. The summed E-state index contributed by atoms with van der Waals surface area (Å²) in [6.45, 7) is 9.90. The van der Waals surface area contributed by atoms with E-state index in [1.165, 1.54) is 0 Å². The van der Waals surface area contributed by atoms with E-state index in [-0.39, 0.29) is 17.9 Å². The molecule has 4 N–H and O–H groups in total. The van der Waals surface area contributed by atoms with Crippen molar-refractivity contribution in [2.24, 2.45) is 23.3 Å². The minimum absolute atomic E-state index is 0.162. The maximum absolute atomic E-state index is 7.89. The molecular weight excluding hydrogens is 188 g/mol. The first-order chi connectivity index (χ1) is 6.81. The van der Waals surface area contributed by atoms with Crippen molar-refractivity contribution in [3.63, 3.8) is 0 Å². The lowest BCUT2D eigenvalue weighted by Gasteiger charge is -1.92. The van der Waals surface area contributed by atoms with Crippen molar-refractivity contribution in [1.29, 1.82) is 10.5 Å². The molecule has 0 rings (SSSR count). The Hall–Kier alpha value is -1.10. The van der Waals surface area contributed by atoms with E-state index < -0.39 is 0 Å². The fourth-order valence-electron chi connectivity index (χ4n) is 0. The molecule has 0 spiro atoms. The van der Waals surface area contributed by atoms with Crippen molar-refractivity contribution in [3.8, 4) is 12.1 Å². The van der Waals surface area contributed by atoms with Crippen LogP contribution < -0.4 is 11.5 Å². The second-order valence-electron chi connectivity index (χ2n) is 3.78. The Labute approximate surface area is 93.9 Å². The van der Waals surface area contributed by atoms with Gasteiger partial charge in [0, 0.05) is 24.4 Å². The fraction of sp³-hybridized carbons (Fsp3) is 0.818. The third kappa shape index (κ3) is 63.8. The molecule has 1 atom stereocenters. The van der Waals surface area contributed by atoms with E-state index in [0.717, 1.165) is 0 Å². The zero-order valence-electron chi connectivity index (χ0n) is 10.5. The molecule has 0 aliphatic heterocycles. The van der Waals surface area contributed by atoms with Gasteiger partial charge in [0.05, 0.1) is 12.1 Å². The standard InChI is InChI=1S/2C4H7N.C3H10N2/c2*1-4(2)3-5;1-3(5)2-4/h2*4H,1-2H3;3H,2,4-5H2,1H3. The molecule has 1 unspecified atom stereocenters. The van der Waals surface area contributed by atoms with Crippen LogP contribution in [0.2, 0.25) is 0 Å². The van der Waals surface area contributed by atoms with Crippen LogP contribution in [0.15, 0.2) is 0 Å². The van der Waals surface area contributed by atoms with Crippen LogP contribution in [0.4, 0.5) is 0 Å². The Morgan fingerprint density at radius 3 is 1.07 bits per heavy atom. The summed E-state index contributed by atoms with van der Waals surface area (Å²) in [6, 6.07) is 4.22. The van der Waals surface area contributed by atoms with Gasteiger partial charge in [-0.1, -0.05) is 0 Å². The van der Waals surface area contributed by atoms with Gasteiger partial charge in [-0.25, -0.2) is 0 Å². The van der Waals surface area contributed by atoms with Gasteiger partial charge < -0.3 is 11.5 Å². The number of hydrogen-bond donors (Lipinski definition) is 2. The predicted octanol–water partition coefficient (Wildman–Crippen LogP) is 1.62. The average Bonchev–Trinajstić information content (AvgIpc) is 2.19. The lowest BCUT2D eigenvalue weighted by Crippen LogP contribution is -2.25. The topological polar surface area (TPSA) is 99.6 Å². The summed E-state index contributed by atoms with van der Waals surface area (Å²) in [5.41, 5.74) is 10.2. The van der Waals surface area contributed by atoms with Gasteiger partial charge in [0.2, 0.25) is 0 Å². The summed E-state index contributed by atoms with van der Waals surface area (Å²) in [6.07, 6.45) is 0. The molecule has 4 nitrogen and oxygen atoms in total. The normalized spacial score (nSPS) is 10.1. The molecule has 0 amide bonds. The molecule has 0 aliphatic rings. The predicted molar refractivity (Wildman–Crippen MR) is 63.6 cm³/mol. The molecule has 15 heavy (non-hydrogen) atoms. The lowest BCUT2D eigenvalue weighted by atomic mass is 10.3. The monoisotopic (exact) mass is 212 g/mol. The molecule has 0 saturated heterocycles. The highest BCUT2D eigenvalue weighted by Crippen LogP contribution is 1.82. The van der Waals surface area contributed by atoms with E-state index >= 15 is 0 Å². The largest absolute Gasteiger partial charge is 0.329 e. The number of rotatable bonds is 1. The van der Waals surface area contributed by atoms with E-state index in [1.807, 2.05) is 46.8 Å². The number of nitriles is 2. The van der Waals surface area contributed by atoms with Crippen molar-refractivity contribution < 1.29 is 0 Å². The van der Waals surface area contributed by atoms with Crippen LogP contribution in [0, 0.1) is 34.5 Å². The highest BCUT2D eigenvalue weighted by molar-refractivity contribution is 4.73. The summed E-state index contributed by atoms with van der Waals surface area (Å²) in [5.74, 6) is 0.380. The van der Waals surface area contributed by atoms with E-state index in [9.17, 15) is 0 Å². The summed E-state index contributed by atoms with van der Waals surface area (Å²) in [4.78, 5) is 0. The molecule has 4 heteroatoms. The Balaban J connectivity index is -0.000000144. The number of nitrogens with zero attached hydrogens (tertiary/aromatic N) is 2. The first-order valence-corrected chi connectivity index (χ1v) is 5.06. The molecule has 0 radical (unpaired) electrons. The van der Waals surface area contributed by atoms with Crippen LogP contribution in [-0.4, -0.2) is 12.6 Å². The van der Waals surface area contributed by atoms with E-state index in [4.69, 9.17) is 22.0 Å². The molecule has 88 valence electrons. The van der Waals surface area contributed by atoms with Gasteiger partial charge in [0.1, 0.15) is 0 Å². The smallest absolute Gasteiger partial charge is 0.0649 e. The van der Waals surface area contributed by atoms with Gasteiger partial charge in [-0.05, 0) is 34.6 Å². The second-order valence-corrected chi connectivity index (χ2v) is 3.78. The van der Waals surface area contributed by atoms with Crippen LogP contribution in [0.3, 0.4) is 0 Å². The van der Waals surface area contributed by atoms with Crippen LogP contribution in [0.1, 0.15) is 34.6 Å². The van der Waals surface area contributed by atoms with Crippen LogP contribution >= 0.6 is 0 Å². The van der Waals surface area contributed by atoms with Crippen LogP contribution in [0.5, 0.6) is 0 Å². The second kappa shape index (κ2) is 15.4. The van der Waals surface area contributed by atoms with Crippen molar-refractivity contribution in [1.82, 2.24) is 0 Å². The van der Waals surface area contributed by atoms with Gasteiger partial charge >= 0.3 is 0 Å². The summed E-state index contributed by atoms with van der Waals surface area (Å²) < 4.78 is 0. The average molecular weight is 212 g/mol. The molecule has 0 aliphatic carbocycles. The number of hydrogen-bond acceptors (Lipinski definition) is 4. The molecule has 0 fully saturated rings. The van der Waals surface area contributed by atoms with Crippen LogP contribution in [-0.2, 0) is 0 Å². The van der Waals surface area contributed by atoms with Crippen molar-refractivity contribution in [3.05, 3.63) is 0 Å². The number of nitrogens with two attached hydrogens (primary N) is 2. The summed E-state index contributed by atoms with van der Waals surface area (Å²) >= 11 is 0. The van der Waals surface area contributed by atoms with Gasteiger partial charge in [-0.15, -0.1) is 0 Å². The van der Waals surface area contributed by atoms with E-state index in [2.05, 4.69) is 0 Å². The lowest BCUT2D eigenvalue weighted by molar-refractivity contribution is 0.752. The van der Waals surface area contributed by atoms with Gasteiger partial charge in [0.15, 0.2) is 0 Å². The Kier molecular flexibility index (Phi) is 20.0. The zero-order chi connectivity index (χ0) is 12.9. The van der Waals surface area contributed by atoms with Crippen molar-refractivity contribution in [2.75, 3.05) is 6.54 Å². The van der Waals surface area contributed by atoms with Gasteiger partial charge in [-0.2, -0.15) is 10.5 Å². The SMILES string of the molecule is CC(C)C#N.CC(C)C#N.CC(N)CN. The Morgan fingerprint density at radius 1 is 0.933 bits per heavy atom. The molecule has 0 bridgehead atoms. The maximum atomic E-state index is 7.89. The van der Waals surface area contributed by atoms with Gasteiger partial charge in [0.25, 0.3) is 0 Å². The van der Waals surface area contributed by atoms with Gasteiger partial charge in [-0.3, -0.25) is 0 Å². The van der Waals surface area contributed by atoms with E-state index in [1.54, 1.807) is 0 Å². The molecule has 0 aromatic heterocycles. The third-order valence-electron chi connectivity index (χ3n) is 0.888. The minimum Gasteiger partial charge on any atom is -0.329 e. The highest BCUT2D eigenvalue weighted by Gasteiger charge is 1.80.